The van der Waals surface area contributed by atoms with Gasteiger partial charge in [-0.25, -0.2) is 22.0 Å². The fourth-order valence-electron chi connectivity index (χ4n) is 3.77. The van der Waals surface area contributed by atoms with Gasteiger partial charge in [0, 0.05) is 17.9 Å². The third kappa shape index (κ3) is 7.19. The number of hydrogen-bond donors (Lipinski definition) is 0. The molecule has 2 aromatic carbocycles. The molecule has 0 aliphatic carbocycles. The Kier molecular flexibility index (Phi) is 8.94. The molecule has 1 aliphatic heterocycles. The van der Waals surface area contributed by atoms with Crippen molar-refractivity contribution in [1.82, 2.24) is 0 Å². The van der Waals surface area contributed by atoms with Gasteiger partial charge in [-0.15, -0.1) is 19.8 Å². The Morgan fingerprint density at radius 1 is 1.03 bits per heavy atom. The minimum Gasteiger partial charge on any atom is -0.399 e. The van der Waals surface area contributed by atoms with Gasteiger partial charge in [0.25, 0.3) is 0 Å². The van der Waals surface area contributed by atoms with Crippen LogP contribution >= 0.6 is 0 Å². The van der Waals surface area contributed by atoms with Gasteiger partial charge < -0.3 is 9.47 Å². The molecule has 0 amide bonds. The molecule has 2 unspecified atom stereocenters. The largest absolute Gasteiger partial charge is 0.573 e. The molecule has 0 radical (unpaired) electrons. The molecule has 36 heavy (non-hydrogen) atoms. The molecule has 1 saturated heterocycles. The average molecular weight is 518 g/mol. The maximum absolute atomic E-state index is 14.6. The third-order valence-electron chi connectivity index (χ3n) is 5.55. The van der Waals surface area contributed by atoms with Crippen molar-refractivity contribution >= 4 is 11.9 Å². The van der Waals surface area contributed by atoms with Gasteiger partial charge in [0.05, 0.1) is 12.7 Å². The zero-order chi connectivity index (χ0) is 26.5. The highest BCUT2D eigenvalue weighted by molar-refractivity contribution is 5.61. The van der Waals surface area contributed by atoms with Crippen LogP contribution < -0.4 is 4.74 Å². The van der Waals surface area contributed by atoms with E-state index in [-0.39, 0.29) is 42.1 Å². The number of allylic oxidation sites excluding steroid dienone is 2. The third-order valence-corrected chi connectivity index (χ3v) is 5.55. The lowest BCUT2D eigenvalue weighted by Gasteiger charge is -2.28. The van der Waals surface area contributed by atoms with Crippen LogP contribution in [0.2, 0.25) is 0 Å². The van der Waals surface area contributed by atoms with E-state index in [1.54, 1.807) is 0 Å². The highest BCUT2D eigenvalue weighted by Gasteiger charge is 2.34. The zero-order valence-electron chi connectivity index (χ0n) is 18.9. The van der Waals surface area contributed by atoms with Crippen LogP contribution in [0, 0.1) is 17.5 Å². The predicted molar refractivity (Wildman–Crippen MR) is 119 cm³/mol. The van der Waals surface area contributed by atoms with Crippen LogP contribution in [0.25, 0.3) is 11.9 Å². The summed E-state index contributed by atoms with van der Waals surface area (Å²) in [6, 6.07) is 4.99. The van der Waals surface area contributed by atoms with Crippen molar-refractivity contribution in [1.29, 1.82) is 0 Å². The van der Waals surface area contributed by atoms with E-state index in [9.17, 15) is 35.1 Å². The molecule has 2 nitrogen and oxygen atoms in total. The van der Waals surface area contributed by atoms with E-state index in [4.69, 9.17) is 4.74 Å². The van der Waals surface area contributed by atoms with Crippen LogP contribution in [-0.4, -0.2) is 19.1 Å². The van der Waals surface area contributed by atoms with E-state index >= 15 is 0 Å². The lowest BCUT2D eigenvalue weighted by Crippen LogP contribution is -2.23. The number of alkyl halides is 3. The smallest absolute Gasteiger partial charge is 0.399 e. The Labute approximate surface area is 202 Å². The zero-order valence-corrected chi connectivity index (χ0v) is 18.9. The first kappa shape index (κ1) is 27.4. The minimum atomic E-state index is -5.24. The number of hydrogen-bond acceptors (Lipinski definition) is 2. The van der Waals surface area contributed by atoms with Crippen LogP contribution in [0.15, 0.2) is 54.9 Å². The Hall–Kier alpha value is -3.14. The summed E-state index contributed by atoms with van der Waals surface area (Å²) >= 11 is 0. The first-order valence-corrected chi connectivity index (χ1v) is 11.0. The normalized spacial score (nSPS) is 19.3. The Morgan fingerprint density at radius 3 is 2.28 bits per heavy atom. The monoisotopic (exact) mass is 518 g/mol. The van der Waals surface area contributed by atoms with Crippen molar-refractivity contribution in [3.63, 3.8) is 0 Å². The highest BCUT2D eigenvalue weighted by atomic mass is 19.4. The number of ether oxygens (including phenoxy) is 2. The molecule has 194 valence electrons. The fourth-order valence-corrected chi connectivity index (χ4v) is 3.77. The van der Waals surface area contributed by atoms with Crippen LogP contribution in [-0.2, 0) is 4.74 Å². The van der Waals surface area contributed by atoms with Crippen molar-refractivity contribution in [2.75, 3.05) is 6.61 Å². The Balaban J connectivity index is 1.62. The summed E-state index contributed by atoms with van der Waals surface area (Å²) in [5.41, 5.74) is 0.0358. The second kappa shape index (κ2) is 11.7. The molecule has 0 aromatic heterocycles. The Morgan fingerprint density at radius 2 is 1.72 bits per heavy atom. The van der Waals surface area contributed by atoms with Gasteiger partial charge in [-0.05, 0) is 48.6 Å². The molecule has 0 saturated carbocycles. The van der Waals surface area contributed by atoms with Crippen molar-refractivity contribution in [2.24, 2.45) is 0 Å². The van der Waals surface area contributed by atoms with E-state index in [2.05, 4.69) is 11.3 Å². The summed E-state index contributed by atoms with van der Waals surface area (Å²) in [4.78, 5) is 0. The quantitative estimate of drug-likeness (QED) is 0.258. The van der Waals surface area contributed by atoms with Crippen molar-refractivity contribution in [2.45, 2.75) is 44.1 Å². The predicted octanol–water partition coefficient (Wildman–Crippen LogP) is 8.55. The molecule has 1 aliphatic rings. The van der Waals surface area contributed by atoms with E-state index in [0.717, 1.165) is 6.07 Å². The summed E-state index contributed by atoms with van der Waals surface area (Å²) in [5, 5.41) is 0. The maximum atomic E-state index is 14.6. The van der Waals surface area contributed by atoms with Crippen LogP contribution in [0.5, 0.6) is 5.75 Å². The van der Waals surface area contributed by atoms with Crippen molar-refractivity contribution in [3.8, 4) is 5.75 Å². The van der Waals surface area contributed by atoms with Gasteiger partial charge in [0.1, 0.15) is 11.6 Å². The molecule has 1 heterocycles. The summed E-state index contributed by atoms with van der Waals surface area (Å²) in [7, 11) is 0. The first-order chi connectivity index (χ1) is 17.0. The van der Waals surface area contributed by atoms with Gasteiger partial charge >= 0.3 is 6.36 Å². The molecule has 0 bridgehead atoms. The van der Waals surface area contributed by atoms with Crippen LogP contribution in [0.3, 0.4) is 0 Å². The lowest BCUT2D eigenvalue weighted by atomic mass is 9.90. The second-order valence-electron chi connectivity index (χ2n) is 8.15. The molecule has 0 N–H and O–H groups in total. The Bertz CT molecular complexity index is 1120. The number of rotatable bonds is 8. The maximum Gasteiger partial charge on any atom is 0.573 e. The summed E-state index contributed by atoms with van der Waals surface area (Å²) < 4.78 is 116. The minimum absolute atomic E-state index is 0.0396. The van der Waals surface area contributed by atoms with E-state index in [1.165, 1.54) is 30.4 Å². The van der Waals surface area contributed by atoms with Gasteiger partial charge in [-0.2, -0.15) is 0 Å². The molecular weight excluding hydrogens is 496 g/mol. The number of halogens is 8. The first-order valence-electron chi connectivity index (χ1n) is 11.0. The average Bonchev–Trinajstić information content (AvgIpc) is 2.82. The molecule has 2 aromatic rings. The van der Waals surface area contributed by atoms with Gasteiger partial charge in [0.2, 0.25) is 5.75 Å². The van der Waals surface area contributed by atoms with Crippen LogP contribution in [0.1, 0.15) is 48.3 Å². The standard InChI is InChI=1S/C26H22F8O2/c1-2-3-4-20(27)24(31)16-7-10-19(21(28)13-16)17-6-9-18(35-14-17)8-5-15-11-22(29)25(23(30)12-15)36-26(32,33)34/h2,5,7-8,10-13,17-18H,1,3-4,6,9,14H2/b8-5+,24-20+. The van der Waals surface area contributed by atoms with Gasteiger partial charge in [-0.1, -0.05) is 30.4 Å². The molecule has 0 spiro atoms. The van der Waals surface area contributed by atoms with Gasteiger partial charge in [0.15, 0.2) is 17.5 Å². The summed E-state index contributed by atoms with van der Waals surface area (Å²) in [6.07, 6.45) is -0.545. The molecule has 2 atom stereocenters. The van der Waals surface area contributed by atoms with Gasteiger partial charge in [-0.3, -0.25) is 0 Å². The van der Waals surface area contributed by atoms with Crippen molar-refractivity contribution in [3.05, 3.63) is 89.0 Å². The molecule has 1 fully saturated rings. The molecule has 10 heteroatoms. The highest BCUT2D eigenvalue weighted by Crippen LogP contribution is 2.34. The van der Waals surface area contributed by atoms with E-state index in [1.807, 2.05) is 0 Å². The topological polar surface area (TPSA) is 18.5 Å². The second-order valence-corrected chi connectivity index (χ2v) is 8.15. The molecular formula is C26H22F8O2. The fraction of sp³-hybridized carbons (Fsp3) is 0.308. The lowest BCUT2D eigenvalue weighted by molar-refractivity contribution is -0.276. The van der Waals surface area contributed by atoms with E-state index < -0.39 is 47.3 Å². The van der Waals surface area contributed by atoms with Crippen molar-refractivity contribution < 1.29 is 44.6 Å². The summed E-state index contributed by atoms with van der Waals surface area (Å²) in [6.45, 7) is 3.53. The summed E-state index contributed by atoms with van der Waals surface area (Å²) in [5.74, 6) is -7.73. The molecule has 3 rings (SSSR count). The van der Waals surface area contributed by atoms with E-state index in [0.29, 0.717) is 25.0 Å². The SMILES string of the molecule is C=CCC/C(F)=C(\F)c1ccc(C2CCC(/C=C/c3cc(F)c(OC(F)(F)F)c(F)c3)OC2)c(F)c1. The number of benzene rings is 2. The van der Waals surface area contributed by atoms with Crippen LogP contribution in [0.4, 0.5) is 35.1 Å².